The highest BCUT2D eigenvalue weighted by atomic mass is 16.4. The number of hydrogen-bond donors (Lipinski definition) is 3. The number of carbonyl (C=O) groups is 1. The van der Waals surface area contributed by atoms with E-state index in [-0.39, 0.29) is 33.8 Å². The van der Waals surface area contributed by atoms with E-state index in [4.69, 9.17) is 9.52 Å². The van der Waals surface area contributed by atoms with Gasteiger partial charge in [0.15, 0.2) is 5.43 Å². The number of aliphatic carboxylic acids is 1. The number of benzene rings is 2. The van der Waals surface area contributed by atoms with E-state index in [1.807, 2.05) is 0 Å². The standard InChI is InChI=1S/C17H12O6/c18-11-3-1-9(2-4-11)14-8-13(20)17-10(6-16(21)22)5-12(19)7-15(17)23-14/h1-5,7-8,18-19H,6H2,(H,21,22). The Bertz CT molecular complexity index is 953. The maximum atomic E-state index is 12.4. The van der Waals surface area contributed by atoms with Crippen LogP contribution in [0.3, 0.4) is 0 Å². The van der Waals surface area contributed by atoms with Gasteiger partial charge in [-0.05, 0) is 35.9 Å². The second-order valence-corrected chi connectivity index (χ2v) is 5.07. The van der Waals surface area contributed by atoms with Gasteiger partial charge in [-0.25, -0.2) is 0 Å². The van der Waals surface area contributed by atoms with E-state index in [1.165, 1.54) is 30.3 Å². The Kier molecular flexibility index (Phi) is 3.50. The van der Waals surface area contributed by atoms with Crippen LogP contribution in [0, 0.1) is 0 Å². The SMILES string of the molecule is O=C(O)Cc1cc(O)cc2oc(-c3ccc(O)cc3)cc(=O)c12. The van der Waals surface area contributed by atoms with Crippen LogP contribution in [0.2, 0.25) is 0 Å². The van der Waals surface area contributed by atoms with Crippen molar-refractivity contribution in [2.45, 2.75) is 6.42 Å². The molecule has 6 heteroatoms. The lowest BCUT2D eigenvalue weighted by Crippen LogP contribution is -2.08. The average molecular weight is 312 g/mol. The van der Waals surface area contributed by atoms with Crippen molar-refractivity contribution in [2.24, 2.45) is 0 Å². The molecule has 0 saturated heterocycles. The van der Waals surface area contributed by atoms with Crippen molar-refractivity contribution >= 4 is 16.9 Å². The summed E-state index contributed by atoms with van der Waals surface area (Å²) in [5, 5.41) is 28.1. The fraction of sp³-hybridized carbons (Fsp3) is 0.0588. The number of phenolic OH excluding ortho intramolecular Hbond substituents is 2. The maximum absolute atomic E-state index is 12.4. The lowest BCUT2D eigenvalue weighted by atomic mass is 10.0. The van der Waals surface area contributed by atoms with Crippen molar-refractivity contribution in [1.82, 2.24) is 0 Å². The molecule has 116 valence electrons. The molecule has 0 spiro atoms. The van der Waals surface area contributed by atoms with Crippen LogP contribution in [0.15, 0.2) is 51.7 Å². The molecule has 23 heavy (non-hydrogen) atoms. The highest BCUT2D eigenvalue weighted by Crippen LogP contribution is 2.28. The van der Waals surface area contributed by atoms with Crippen molar-refractivity contribution in [3.8, 4) is 22.8 Å². The molecule has 1 aromatic heterocycles. The molecule has 0 fully saturated rings. The minimum Gasteiger partial charge on any atom is -0.508 e. The highest BCUT2D eigenvalue weighted by molar-refractivity contribution is 5.87. The number of carboxylic acid groups (broad SMARTS) is 1. The summed E-state index contributed by atoms with van der Waals surface area (Å²) in [5.41, 5.74) is 0.478. The summed E-state index contributed by atoms with van der Waals surface area (Å²) >= 11 is 0. The summed E-state index contributed by atoms with van der Waals surface area (Å²) < 4.78 is 5.64. The number of phenols is 2. The quantitative estimate of drug-likeness (QED) is 0.685. The van der Waals surface area contributed by atoms with Crippen molar-refractivity contribution in [3.63, 3.8) is 0 Å². The molecule has 0 bridgehead atoms. The minimum atomic E-state index is -1.11. The van der Waals surface area contributed by atoms with E-state index in [0.717, 1.165) is 0 Å². The van der Waals surface area contributed by atoms with Crippen LogP contribution in [-0.4, -0.2) is 21.3 Å². The number of carboxylic acids is 1. The van der Waals surface area contributed by atoms with Gasteiger partial charge < -0.3 is 19.7 Å². The number of rotatable bonds is 3. The topological polar surface area (TPSA) is 108 Å². The van der Waals surface area contributed by atoms with Gasteiger partial charge in [-0.1, -0.05) is 0 Å². The van der Waals surface area contributed by atoms with Crippen LogP contribution < -0.4 is 5.43 Å². The molecular formula is C17H12O6. The Morgan fingerprint density at radius 3 is 2.35 bits per heavy atom. The van der Waals surface area contributed by atoms with E-state index in [9.17, 15) is 19.8 Å². The normalized spacial score (nSPS) is 10.8. The molecule has 6 nitrogen and oxygen atoms in total. The average Bonchev–Trinajstić information content (AvgIpc) is 2.46. The first kappa shape index (κ1) is 14.6. The van der Waals surface area contributed by atoms with Gasteiger partial charge in [0.1, 0.15) is 22.8 Å². The van der Waals surface area contributed by atoms with Crippen LogP contribution in [0.5, 0.6) is 11.5 Å². The Morgan fingerprint density at radius 2 is 1.70 bits per heavy atom. The van der Waals surface area contributed by atoms with Crippen molar-refractivity contribution < 1.29 is 24.5 Å². The van der Waals surface area contributed by atoms with Gasteiger partial charge in [0, 0.05) is 17.7 Å². The molecule has 3 aromatic rings. The van der Waals surface area contributed by atoms with E-state index in [0.29, 0.717) is 5.56 Å². The fourth-order valence-corrected chi connectivity index (χ4v) is 2.43. The zero-order valence-electron chi connectivity index (χ0n) is 11.8. The molecular weight excluding hydrogens is 300 g/mol. The lowest BCUT2D eigenvalue weighted by Gasteiger charge is -2.07. The second-order valence-electron chi connectivity index (χ2n) is 5.07. The first-order valence-electron chi connectivity index (χ1n) is 6.75. The van der Waals surface area contributed by atoms with Gasteiger partial charge in [-0.2, -0.15) is 0 Å². The van der Waals surface area contributed by atoms with Gasteiger partial charge in [0.25, 0.3) is 0 Å². The third kappa shape index (κ3) is 2.87. The molecule has 0 aliphatic carbocycles. The van der Waals surface area contributed by atoms with Crippen molar-refractivity contribution in [3.05, 3.63) is 58.3 Å². The molecule has 0 radical (unpaired) electrons. The van der Waals surface area contributed by atoms with Crippen LogP contribution in [0.1, 0.15) is 5.56 Å². The van der Waals surface area contributed by atoms with Gasteiger partial charge in [-0.3, -0.25) is 9.59 Å². The third-order valence-electron chi connectivity index (χ3n) is 3.39. The fourth-order valence-electron chi connectivity index (χ4n) is 2.43. The first-order valence-corrected chi connectivity index (χ1v) is 6.75. The maximum Gasteiger partial charge on any atom is 0.307 e. The third-order valence-corrected chi connectivity index (χ3v) is 3.39. The molecule has 1 heterocycles. The zero-order valence-corrected chi connectivity index (χ0v) is 11.8. The molecule has 3 N–H and O–H groups in total. The summed E-state index contributed by atoms with van der Waals surface area (Å²) in [7, 11) is 0. The minimum absolute atomic E-state index is 0.0817. The number of hydrogen-bond acceptors (Lipinski definition) is 5. The van der Waals surface area contributed by atoms with E-state index < -0.39 is 17.8 Å². The molecule has 0 aliphatic rings. The second kappa shape index (κ2) is 5.49. The van der Waals surface area contributed by atoms with Crippen molar-refractivity contribution in [1.29, 1.82) is 0 Å². The summed E-state index contributed by atoms with van der Waals surface area (Å²) in [5.74, 6) is -0.952. The number of aromatic hydroxyl groups is 2. The Labute approximate surface area is 129 Å². The Morgan fingerprint density at radius 1 is 1.00 bits per heavy atom. The van der Waals surface area contributed by atoms with Gasteiger partial charge >= 0.3 is 5.97 Å². The Balaban J connectivity index is 2.24. The monoisotopic (exact) mass is 312 g/mol. The van der Waals surface area contributed by atoms with Crippen LogP contribution in [0.25, 0.3) is 22.3 Å². The van der Waals surface area contributed by atoms with E-state index in [2.05, 4.69) is 0 Å². The molecule has 2 aromatic carbocycles. The summed E-state index contributed by atoms with van der Waals surface area (Å²) in [6, 6.07) is 9.85. The summed E-state index contributed by atoms with van der Waals surface area (Å²) in [6.07, 6.45) is -0.395. The van der Waals surface area contributed by atoms with Gasteiger partial charge in [-0.15, -0.1) is 0 Å². The molecule has 3 rings (SSSR count). The van der Waals surface area contributed by atoms with E-state index in [1.54, 1.807) is 12.1 Å². The molecule has 0 atom stereocenters. The number of fused-ring (bicyclic) bond motifs is 1. The highest BCUT2D eigenvalue weighted by Gasteiger charge is 2.14. The van der Waals surface area contributed by atoms with Crippen molar-refractivity contribution in [2.75, 3.05) is 0 Å². The Hall–Kier alpha value is -3.28. The van der Waals surface area contributed by atoms with Crippen LogP contribution in [0.4, 0.5) is 0 Å². The summed E-state index contributed by atoms with van der Waals surface area (Å²) in [6.45, 7) is 0. The first-order chi connectivity index (χ1) is 10.9. The van der Waals surface area contributed by atoms with E-state index >= 15 is 0 Å². The molecule has 0 aliphatic heterocycles. The molecule has 0 amide bonds. The predicted molar refractivity (Wildman–Crippen MR) is 82.6 cm³/mol. The van der Waals surface area contributed by atoms with Crippen LogP contribution >= 0.6 is 0 Å². The lowest BCUT2D eigenvalue weighted by molar-refractivity contribution is -0.136. The van der Waals surface area contributed by atoms with Gasteiger partial charge in [0.05, 0.1) is 11.8 Å². The predicted octanol–water partition coefficient (Wildman–Crippen LogP) is 2.50. The summed E-state index contributed by atoms with van der Waals surface area (Å²) in [4.78, 5) is 23.3. The zero-order chi connectivity index (χ0) is 16.6. The van der Waals surface area contributed by atoms with Crippen LogP contribution in [-0.2, 0) is 11.2 Å². The smallest absolute Gasteiger partial charge is 0.307 e. The van der Waals surface area contributed by atoms with Gasteiger partial charge in [0.2, 0.25) is 0 Å². The largest absolute Gasteiger partial charge is 0.508 e. The molecule has 0 unspecified atom stereocenters. The molecule has 0 saturated carbocycles.